The van der Waals surface area contributed by atoms with Crippen molar-refractivity contribution in [1.29, 1.82) is 0 Å². The largest absolute Gasteiger partial charge is 1.00 e. The first-order valence-electron chi connectivity index (χ1n) is 5.35. The number of allylic oxidation sites excluding steroid dienone is 1. The van der Waals surface area contributed by atoms with Crippen LogP contribution in [0.5, 0.6) is 0 Å². The van der Waals surface area contributed by atoms with Crippen LogP contribution in [0, 0.1) is 0 Å². The van der Waals surface area contributed by atoms with Gasteiger partial charge < -0.3 is 8.74 Å². The van der Waals surface area contributed by atoms with Crippen LogP contribution in [0.1, 0.15) is 51.9 Å². The van der Waals surface area contributed by atoms with E-state index in [2.05, 4.69) is 11.1 Å². The van der Waals surface area contributed by atoms with Crippen molar-refractivity contribution in [3.05, 3.63) is 12.3 Å². The summed E-state index contributed by atoms with van der Waals surface area (Å²) in [7, 11) is -4.57. The molecule has 16 heavy (non-hydrogen) atoms. The van der Waals surface area contributed by atoms with E-state index in [0.29, 0.717) is 0 Å². The van der Waals surface area contributed by atoms with Gasteiger partial charge in [-0.1, -0.05) is 39.0 Å². The maximum atomic E-state index is 10.0. The fourth-order valence-corrected chi connectivity index (χ4v) is 1.43. The molecule has 0 spiro atoms. The topological polar surface area (TPSA) is 66.4 Å². The Kier molecular flexibility index (Phi) is 14.0. The third-order valence-electron chi connectivity index (χ3n) is 1.99. The Morgan fingerprint density at radius 3 is 2.25 bits per heavy atom. The molecule has 0 saturated carbocycles. The van der Waals surface area contributed by atoms with Crippen LogP contribution < -0.4 is 29.6 Å². The Labute approximate surface area is 121 Å². The van der Waals surface area contributed by atoms with Gasteiger partial charge in [0.1, 0.15) is 6.26 Å². The predicted octanol–water partition coefficient (Wildman–Crippen LogP) is -0.268. The van der Waals surface area contributed by atoms with E-state index in [1.54, 1.807) is 6.08 Å². The molecule has 4 nitrogen and oxygen atoms in total. The van der Waals surface area contributed by atoms with Gasteiger partial charge >= 0.3 is 29.6 Å². The first-order chi connectivity index (χ1) is 7.06. The molecular weight excluding hydrogens is 239 g/mol. The number of unbranched alkanes of at least 4 members (excludes halogenated alkanes) is 6. The van der Waals surface area contributed by atoms with E-state index in [9.17, 15) is 13.0 Å². The third kappa shape index (κ3) is 16.9. The van der Waals surface area contributed by atoms with Crippen molar-refractivity contribution in [1.82, 2.24) is 0 Å². The van der Waals surface area contributed by atoms with E-state index in [-0.39, 0.29) is 29.6 Å². The van der Waals surface area contributed by atoms with Crippen LogP contribution in [0.25, 0.3) is 0 Å². The zero-order valence-electron chi connectivity index (χ0n) is 10.1. The van der Waals surface area contributed by atoms with E-state index < -0.39 is 10.4 Å². The van der Waals surface area contributed by atoms with Crippen molar-refractivity contribution in [2.45, 2.75) is 51.9 Å². The molecule has 0 aromatic rings. The molecule has 0 aliphatic heterocycles. The van der Waals surface area contributed by atoms with Gasteiger partial charge in [-0.3, -0.25) is 0 Å². The molecule has 0 saturated heterocycles. The van der Waals surface area contributed by atoms with Gasteiger partial charge in [0, 0.05) is 0 Å². The second-order valence-electron chi connectivity index (χ2n) is 3.43. The average Bonchev–Trinajstić information content (AvgIpc) is 2.14. The Bertz CT molecular complexity index is 262. The van der Waals surface area contributed by atoms with Crippen molar-refractivity contribution in [2.24, 2.45) is 0 Å². The second-order valence-corrected chi connectivity index (χ2v) is 4.44. The molecule has 0 heterocycles. The van der Waals surface area contributed by atoms with Crippen molar-refractivity contribution < 1.29 is 46.7 Å². The van der Waals surface area contributed by atoms with E-state index in [4.69, 9.17) is 0 Å². The van der Waals surface area contributed by atoms with Crippen molar-refractivity contribution in [2.75, 3.05) is 0 Å². The summed E-state index contributed by atoms with van der Waals surface area (Å²) in [5.41, 5.74) is 0. The van der Waals surface area contributed by atoms with Crippen LogP contribution in [0.2, 0.25) is 0 Å². The van der Waals surface area contributed by atoms with Gasteiger partial charge in [0.15, 0.2) is 0 Å². The van der Waals surface area contributed by atoms with Gasteiger partial charge in [-0.15, -0.1) is 0 Å². The minimum Gasteiger partial charge on any atom is -0.716 e. The molecule has 0 fully saturated rings. The average molecular weight is 258 g/mol. The molecule has 0 unspecified atom stereocenters. The molecule has 0 aliphatic carbocycles. The van der Waals surface area contributed by atoms with E-state index in [1.807, 2.05) is 0 Å². The predicted molar refractivity (Wildman–Crippen MR) is 57.9 cm³/mol. The summed E-state index contributed by atoms with van der Waals surface area (Å²) in [5.74, 6) is 0. The monoisotopic (exact) mass is 258 g/mol. The molecular formula is C10H19NaO4S. The van der Waals surface area contributed by atoms with Gasteiger partial charge in [-0.05, 0) is 18.9 Å². The fraction of sp³-hybridized carbons (Fsp3) is 0.800. The molecule has 0 aliphatic rings. The zero-order valence-corrected chi connectivity index (χ0v) is 13.0. The molecule has 0 aromatic heterocycles. The van der Waals surface area contributed by atoms with Gasteiger partial charge in [0.2, 0.25) is 0 Å². The van der Waals surface area contributed by atoms with Crippen LogP contribution >= 0.6 is 0 Å². The fourth-order valence-electron chi connectivity index (χ4n) is 1.22. The minimum absolute atomic E-state index is 0. The van der Waals surface area contributed by atoms with Crippen molar-refractivity contribution >= 4 is 10.4 Å². The molecule has 90 valence electrons. The van der Waals surface area contributed by atoms with Crippen LogP contribution in [0.3, 0.4) is 0 Å². The number of hydrogen-bond acceptors (Lipinski definition) is 4. The molecule has 0 N–H and O–H groups in total. The molecule has 6 heteroatoms. The minimum atomic E-state index is -4.57. The Hall–Kier alpha value is 0.450. The maximum Gasteiger partial charge on any atom is 1.00 e. The van der Waals surface area contributed by atoms with Crippen LogP contribution in [-0.2, 0) is 14.6 Å². The summed E-state index contributed by atoms with van der Waals surface area (Å²) < 4.78 is 33.9. The molecule has 0 radical (unpaired) electrons. The summed E-state index contributed by atoms with van der Waals surface area (Å²) in [6, 6.07) is 0. The summed E-state index contributed by atoms with van der Waals surface area (Å²) in [6.45, 7) is 2.17. The quantitative estimate of drug-likeness (QED) is 0.188. The molecule has 0 amide bonds. The maximum absolute atomic E-state index is 10.0. The van der Waals surface area contributed by atoms with Gasteiger partial charge in [-0.25, -0.2) is 8.42 Å². The smallest absolute Gasteiger partial charge is 0.716 e. The summed E-state index contributed by atoms with van der Waals surface area (Å²) in [5, 5.41) is 0. The third-order valence-corrected chi connectivity index (χ3v) is 2.34. The van der Waals surface area contributed by atoms with E-state index in [0.717, 1.165) is 25.5 Å². The van der Waals surface area contributed by atoms with Crippen LogP contribution in [0.4, 0.5) is 0 Å². The second kappa shape index (κ2) is 11.9. The first-order valence-corrected chi connectivity index (χ1v) is 6.68. The van der Waals surface area contributed by atoms with Gasteiger partial charge in [0.25, 0.3) is 10.4 Å². The first kappa shape index (κ1) is 18.8. The summed E-state index contributed by atoms with van der Waals surface area (Å²) in [6.07, 6.45) is 10.4. The van der Waals surface area contributed by atoms with E-state index in [1.165, 1.54) is 25.7 Å². The Morgan fingerprint density at radius 2 is 1.69 bits per heavy atom. The van der Waals surface area contributed by atoms with Crippen molar-refractivity contribution in [3.8, 4) is 0 Å². The molecule has 0 aromatic carbocycles. The standard InChI is InChI=1S/C10H20O4S.Na/c1-2-3-4-5-6-7-8-9-10-14-15(11,12)13;/h9-10H,2-8H2,1H3,(H,11,12,13);/q;+1/p-1/b10-9+;. The zero-order chi connectivity index (χ0) is 11.6. The molecule has 0 atom stereocenters. The van der Waals surface area contributed by atoms with Gasteiger partial charge in [0.05, 0.1) is 0 Å². The molecule has 0 rings (SSSR count). The summed E-state index contributed by atoms with van der Waals surface area (Å²) >= 11 is 0. The van der Waals surface area contributed by atoms with Crippen molar-refractivity contribution in [3.63, 3.8) is 0 Å². The number of rotatable bonds is 9. The Morgan fingerprint density at radius 1 is 1.12 bits per heavy atom. The van der Waals surface area contributed by atoms with Crippen LogP contribution in [0.15, 0.2) is 12.3 Å². The van der Waals surface area contributed by atoms with E-state index >= 15 is 0 Å². The van der Waals surface area contributed by atoms with Gasteiger partial charge in [-0.2, -0.15) is 0 Å². The SMILES string of the molecule is CCCCCCCC/C=C/OS(=O)(=O)[O-].[Na+]. The normalized spacial score (nSPS) is 11.4. The number of hydrogen-bond donors (Lipinski definition) is 0. The summed E-state index contributed by atoms with van der Waals surface area (Å²) in [4.78, 5) is 0. The van der Waals surface area contributed by atoms with Crippen LogP contribution in [-0.4, -0.2) is 13.0 Å². The molecule has 0 bridgehead atoms. The Balaban J connectivity index is 0.